The Hall–Kier alpha value is -3.42. The molecule has 0 saturated heterocycles. The van der Waals surface area contributed by atoms with Gasteiger partial charge in [-0.05, 0) is 56.0 Å². The van der Waals surface area contributed by atoms with Crippen LogP contribution in [0.1, 0.15) is 24.6 Å². The van der Waals surface area contributed by atoms with Crippen molar-refractivity contribution in [3.8, 4) is 17.0 Å². The highest BCUT2D eigenvalue weighted by atomic mass is 16.5. The maximum Gasteiger partial charge on any atom is 0.243 e. The molecule has 0 aromatic carbocycles. The van der Waals surface area contributed by atoms with Crippen LogP contribution in [0.15, 0.2) is 42.9 Å². The summed E-state index contributed by atoms with van der Waals surface area (Å²) in [6.07, 6.45) is 8.62. The lowest BCUT2D eigenvalue weighted by atomic mass is 9.93. The van der Waals surface area contributed by atoms with Gasteiger partial charge in [0.1, 0.15) is 0 Å². The van der Waals surface area contributed by atoms with E-state index in [1.54, 1.807) is 17.8 Å². The smallest absolute Gasteiger partial charge is 0.243 e. The van der Waals surface area contributed by atoms with Crippen LogP contribution < -0.4 is 10.1 Å². The van der Waals surface area contributed by atoms with E-state index in [1.165, 1.54) is 11.3 Å². The van der Waals surface area contributed by atoms with Crippen molar-refractivity contribution in [1.29, 1.82) is 0 Å². The van der Waals surface area contributed by atoms with Crippen molar-refractivity contribution in [2.45, 2.75) is 38.8 Å². The molecule has 0 fully saturated rings. The molecule has 1 unspecified atom stereocenters. The third-order valence-electron chi connectivity index (χ3n) is 5.48. The zero-order valence-corrected chi connectivity index (χ0v) is 16.5. The summed E-state index contributed by atoms with van der Waals surface area (Å²) in [5.74, 6) is 1.21. The Morgan fingerprint density at radius 3 is 3.00 bits per heavy atom. The summed E-state index contributed by atoms with van der Waals surface area (Å²) in [4.78, 5) is 9.08. The minimum absolute atomic E-state index is 0.297. The van der Waals surface area contributed by atoms with Gasteiger partial charge in [0, 0.05) is 41.8 Å². The number of aryl methyl sites for hydroxylation is 1. The van der Waals surface area contributed by atoms with E-state index in [2.05, 4.69) is 32.1 Å². The summed E-state index contributed by atoms with van der Waals surface area (Å²) in [6, 6.07) is 8.15. The monoisotopic (exact) mass is 389 g/mol. The highest BCUT2D eigenvalue weighted by molar-refractivity contribution is 5.80. The first kappa shape index (κ1) is 17.7. The Morgan fingerprint density at radius 1 is 1.24 bits per heavy atom. The molecule has 0 amide bonds. The molecule has 4 heterocycles. The number of ether oxygens (including phenoxy) is 1. The number of hydrogen-bond donors (Lipinski definition) is 1. The van der Waals surface area contributed by atoms with E-state index in [-0.39, 0.29) is 0 Å². The fourth-order valence-corrected chi connectivity index (χ4v) is 4.10. The molecular weight excluding hydrogens is 366 g/mol. The second-order valence-corrected chi connectivity index (χ2v) is 7.20. The molecular formula is C21H23N7O. The molecule has 4 aromatic heterocycles. The number of anilines is 1. The van der Waals surface area contributed by atoms with E-state index >= 15 is 0 Å². The first-order valence-electron chi connectivity index (χ1n) is 9.91. The average molecular weight is 389 g/mol. The molecule has 148 valence electrons. The number of nitrogens with zero attached hydrogens (tertiary/aromatic N) is 6. The van der Waals surface area contributed by atoms with E-state index < -0.39 is 0 Å². The highest BCUT2D eigenvalue weighted by Gasteiger charge is 2.23. The van der Waals surface area contributed by atoms with Gasteiger partial charge in [0.05, 0.1) is 13.3 Å². The van der Waals surface area contributed by atoms with E-state index in [0.717, 1.165) is 42.6 Å². The van der Waals surface area contributed by atoms with Crippen LogP contribution in [0.2, 0.25) is 0 Å². The van der Waals surface area contributed by atoms with E-state index in [9.17, 15) is 0 Å². The van der Waals surface area contributed by atoms with Crippen molar-refractivity contribution in [2.24, 2.45) is 0 Å². The molecule has 5 rings (SSSR count). The molecule has 0 radical (unpaired) electrons. The third kappa shape index (κ3) is 3.10. The minimum Gasteiger partial charge on any atom is -0.481 e. The van der Waals surface area contributed by atoms with E-state index in [4.69, 9.17) is 9.72 Å². The van der Waals surface area contributed by atoms with Crippen LogP contribution in [0.25, 0.3) is 16.8 Å². The van der Waals surface area contributed by atoms with Crippen LogP contribution in [0.3, 0.4) is 0 Å². The number of pyridine rings is 2. The number of nitrogens with one attached hydrogen (secondary N) is 1. The second-order valence-electron chi connectivity index (χ2n) is 7.20. The predicted molar refractivity (Wildman–Crippen MR) is 110 cm³/mol. The lowest BCUT2D eigenvalue weighted by Gasteiger charge is -2.23. The van der Waals surface area contributed by atoms with Gasteiger partial charge in [-0.2, -0.15) is 10.1 Å². The Morgan fingerprint density at radius 2 is 2.14 bits per heavy atom. The Kier molecular flexibility index (Phi) is 4.38. The van der Waals surface area contributed by atoms with Gasteiger partial charge in [-0.15, -0.1) is 5.10 Å². The lowest BCUT2D eigenvalue weighted by molar-refractivity contribution is 0.399. The lowest BCUT2D eigenvalue weighted by Crippen LogP contribution is -2.28. The van der Waals surface area contributed by atoms with Crippen LogP contribution in [0, 0.1) is 0 Å². The fraction of sp³-hybridized carbons (Fsp3) is 0.333. The SMILES string of the molecule is CCn1ncc2c1CCC(Nc1nc3c(-c4cccnc4OC)cccn3n1)C2. The first-order chi connectivity index (χ1) is 14.3. The van der Waals surface area contributed by atoms with Crippen molar-refractivity contribution < 1.29 is 4.74 Å². The molecule has 4 aromatic rings. The molecule has 0 bridgehead atoms. The molecule has 8 heteroatoms. The highest BCUT2D eigenvalue weighted by Crippen LogP contribution is 2.31. The van der Waals surface area contributed by atoms with E-state index in [1.807, 2.05) is 36.7 Å². The second kappa shape index (κ2) is 7.20. The molecule has 1 atom stereocenters. The number of hydrogen-bond acceptors (Lipinski definition) is 6. The molecule has 1 N–H and O–H groups in total. The molecule has 1 aliphatic carbocycles. The number of aromatic nitrogens is 6. The first-order valence-corrected chi connectivity index (χ1v) is 9.91. The Bertz CT molecular complexity index is 1160. The van der Waals surface area contributed by atoms with Crippen LogP contribution in [-0.2, 0) is 19.4 Å². The fourth-order valence-electron chi connectivity index (χ4n) is 4.10. The van der Waals surface area contributed by atoms with Gasteiger partial charge in [0.2, 0.25) is 11.8 Å². The minimum atomic E-state index is 0.297. The molecule has 29 heavy (non-hydrogen) atoms. The maximum absolute atomic E-state index is 5.43. The predicted octanol–water partition coefficient (Wildman–Crippen LogP) is 2.99. The quantitative estimate of drug-likeness (QED) is 0.565. The summed E-state index contributed by atoms with van der Waals surface area (Å²) >= 11 is 0. The molecule has 0 spiro atoms. The van der Waals surface area contributed by atoms with Crippen molar-refractivity contribution in [3.63, 3.8) is 0 Å². The number of methoxy groups -OCH3 is 1. The summed E-state index contributed by atoms with van der Waals surface area (Å²) < 4.78 is 9.33. The van der Waals surface area contributed by atoms with Crippen molar-refractivity contribution in [3.05, 3.63) is 54.1 Å². The molecule has 0 saturated carbocycles. The van der Waals surface area contributed by atoms with Gasteiger partial charge in [0.25, 0.3) is 0 Å². The third-order valence-corrected chi connectivity index (χ3v) is 5.48. The van der Waals surface area contributed by atoms with Crippen LogP contribution in [0.5, 0.6) is 5.88 Å². The average Bonchev–Trinajstić information content (AvgIpc) is 3.36. The number of rotatable bonds is 5. The summed E-state index contributed by atoms with van der Waals surface area (Å²) in [5.41, 5.74) is 5.29. The van der Waals surface area contributed by atoms with Crippen LogP contribution in [0.4, 0.5) is 5.95 Å². The van der Waals surface area contributed by atoms with Gasteiger partial charge in [-0.25, -0.2) is 9.50 Å². The Labute approximate surface area is 168 Å². The van der Waals surface area contributed by atoms with Gasteiger partial charge in [-0.1, -0.05) is 0 Å². The summed E-state index contributed by atoms with van der Waals surface area (Å²) in [5, 5.41) is 12.6. The van der Waals surface area contributed by atoms with Gasteiger partial charge >= 0.3 is 0 Å². The number of fused-ring (bicyclic) bond motifs is 2. The van der Waals surface area contributed by atoms with Crippen molar-refractivity contribution >= 4 is 11.6 Å². The van der Waals surface area contributed by atoms with Gasteiger partial charge in [-0.3, -0.25) is 4.68 Å². The van der Waals surface area contributed by atoms with Gasteiger partial charge < -0.3 is 10.1 Å². The molecule has 1 aliphatic rings. The largest absolute Gasteiger partial charge is 0.481 e. The maximum atomic E-state index is 5.43. The zero-order chi connectivity index (χ0) is 19.8. The van der Waals surface area contributed by atoms with Crippen molar-refractivity contribution in [2.75, 3.05) is 12.4 Å². The topological polar surface area (TPSA) is 82.2 Å². The van der Waals surface area contributed by atoms with Crippen molar-refractivity contribution in [1.82, 2.24) is 29.4 Å². The van der Waals surface area contributed by atoms with Crippen LogP contribution >= 0.6 is 0 Å². The van der Waals surface area contributed by atoms with Gasteiger partial charge in [0.15, 0.2) is 5.65 Å². The van der Waals surface area contributed by atoms with Crippen LogP contribution in [-0.4, -0.2) is 42.5 Å². The van der Waals surface area contributed by atoms with E-state index in [0.29, 0.717) is 17.9 Å². The zero-order valence-electron chi connectivity index (χ0n) is 16.5. The molecule has 8 nitrogen and oxygen atoms in total. The molecule has 0 aliphatic heterocycles. The summed E-state index contributed by atoms with van der Waals surface area (Å²) in [6.45, 7) is 3.05. The Balaban J connectivity index is 1.44. The normalized spacial score (nSPS) is 16.0. The standard InChI is InChI=1S/C21H23N7O/c1-3-27-18-9-8-15(12-14(18)13-23-27)24-21-25-19-16(7-5-11-28(19)26-21)17-6-4-10-22-20(17)29-2/h4-7,10-11,13,15H,3,8-9,12H2,1-2H3,(H,24,26). The summed E-state index contributed by atoms with van der Waals surface area (Å²) in [7, 11) is 1.63.